The van der Waals surface area contributed by atoms with Crippen LogP contribution in [-0.2, 0) is 6.42 Å². The number of thiocarbonyl (C=S) groups is 1. The van der Waals surface area contributed by atoms with Crippen LogP contribution in [0.2, 0.25) is 0 Å². The van der Waals surface area contributed by atoms with Crippen LogP contribution < -0.4 is 14.8 Å². The van der Waals surface area contributed by atoms with Crippen molar-refractivity contribution in [3.8, 4) is 11.5 Å². The maximum absolute atomic E-state index is 9.30. The second-order valence-electron chi connectivity index (χ2n) is 5.80. The van der Waals surface area contributed by atoms with Gasteiger partial charge in [0, 0.05) is 32.3 Å². The number of hydrogen-bond acceptors (Lipinski definition) is 4. The van der Waals surface area contributed by atoms with Crippen LogP contribution in [0.4, 0.5) is 0 Å². The second-order valence-corrected chi connectivity index (χ2v) is 6.18. The average Bonchev–Trinajstić information content (AvgIpc) is 2.61. The molecular weight excluding hydrogens is 312 g/mol. The molecule has 0 aromatic heterocycles. The maximum atomic E-state index is 9.30. The fraction of sp³-hybridized carbons (Fsp3) is 0.588. The predicted molar refractivity (Wildman–Crippen MR) is 95.2 cm³/mol. The van der Waals surface area contributed by atoms with Gasteiger partial charge >= 0.3 is 0 Å². The molecule has 0 unspecified atom stereocenters. The SMILES string of the molecule is COc1ccc(CCNC(=S)N2CCC[C@@H](CO)C2)c(OC)c1. The third kappa shape index (κ3) is 4.97. The molecule has 5 nitrogen and oxygen atoms in total. The van der Waals surface area contributed by atoms with E-state index in [0.29, 0.717) is 5.92 Å². The molecule has 6 heteroatoms. The molecule has 0 spiro atoms. The first-order valence-corrected chi connectivity index (χ1v) is 8.43. The van der Waals surface area contributed by atoms with E-state index in [2.05, 4.69) is 10.2 Å². The van der Waals surface area contributed by atoms with Gasteiger partial charge in [-0.2, -0.15) is 0 Å². The van der Waals surface area contributed by atoms with E-state index in [4.69, 9.17) is 21.7 Å². The molecule has 0 aliphatic carbocycles. The maximum Gasteiger partial charge on any atom is 0.168 e. The van der Waals surface area contributed by atoms with E-state index in [0.717, 1.165) is 61.1 Å². The van der Waals surface area contributed by atoms with Gasteiger partial charge < -0.3 is 24.8 Å². The van der Waals surface area contributed by atoms with Crippen LogP contribution in [0.5, 0.6) is 11.5 Å². The van der Waals surface area contributed by atoms with Crippen molar-refractivity contribution in [2.75, 3.05) is 40.5 Å². The van der Waals surface area contributed by atoms with Crippen LogP contribution in [0.3, 0.4) is 0 Å². The van der Waals surface area contributed by atoms with Crippen molar-refractivity contribution in [2.24, 2.45) is 5.92 Å². The smallest absolute Gasteiger partial charge is 0.168 e. The Balaban J connectivity index is 1.83. The number of methoxy groups -OCH3 is 2. The van der Waals surface area contributed by atoms with E-state index in [1.54, 1.807) is 14.2 Å². The van der Waals surface area contributed by atoms with Gasteiger partial charge in [0.15, 0.2) is 5.11 Å². The van der Waals surface area contributed by atoms with Crippen molar-refractivity contribution < 1.29 is 14.6 Å². The number of aliphatic hydroxyl groups is 1. The van der Waals surface area contributed by atoms with Gasteiger partial charge in [-0.05, 0) is 49.0 Å². The van der Waals surface area contributed by atoms with Crippen LogP contribution in [0.15, 0.2) is 18.2 Å². The summed E-state index contributed by atoms with van der Waals surface area (Å²) < 4.78 is 10.6. The lowest BCUT2D eigenvalue weighted by Crippen LogP contribution is -2.46. The first-order chi connectivity index (χ1) is 11.2. The Morgan fingerprint density at radius 1 is 1.39 bits per heavy atom. The Morgan fingerprint density at radius 2 is 2.22 bits per heavy atom. The third-order valence-electron chi connectivity index (χ3n) is 4.23. The van der Waals surface area contributed by atoms with Gasteiger partial charge in [0.1, 0.15) is 11.5 Å². The van der Waals surface area contributed by atoms with E-state index in [1.807, 2.05) is 18.2 Å². The molecule has 1 aromatic rings. The zero-order valence-electron chi connectivity index (χ0n) is 13.9. The number of piperidine rings is 1. The quantitative estimate of drug-likeness (QED) is 0.772. The normalized spacial score (nSPS) is 17.7. The Hall–Kier alpha value is -1.53. The monoisotopic (exact) mass is 338 g/mol. The predicted octanol–water partition coefficient (Wildman–Crippen LogP) is 1.83. The number of rotatable bonds is 6. The van der Waals surface area contributed by atoms with Gasteiger partial charge in [0.25, 0.3) is 0 Å². The molecule has 1 aliphatic heterocycles. The van der Waals surface area contributed by atoms with Crippen LogP contribution in [-0.4, -0.2) is 55.6 Å². The van der Waals surface area contributed by atoms with Crippen LogP contribution >= 0.6 is 12.2 Å². The summed E-state index contributed by atoms with van der Waals surface area (Å²) in [4.78, 5) is 2.16. The Bertz CT molecular complexity index is 525. The molecule has 23 heavy (non-hydrogen) atoms. The number of hydrogen-bond donors (Lipinski definition) is 2. The summed E-state index contributed by atoms with van der Waals surface area (Å²) in [5, 5.41) is 13.4. The summed E-state index contributed by atoms with van der Waals surface area (Å²) in [6.45, 7) is 2.80. The minimum Gasteiger partial charge on any atom is -0.497 e. The lowest BCUT2D eigenvalue weighted by atomic mass is 9.99. The zero-order valence-corrected chi connectivity index (χ0v) is 14.7. The molecule has 0 bridgehead atoms. The van der Waals surface area contributed by atoms with Crippen molar-refractivity contribution in [3.63, 3.8) is 0 Å². The minimum absolute atomic E-state index is 0.238. The van der Waals surface area contributed by atoms with Gasteiger partial charge in [-0.1, -0.05) is 6.07 Å². The van der Waals surface area contributed by atoms with E-state index in [1.165, 1.54) is 0 Å². The van der Waals surface area contributed by atoms with Crippen molar-refractivity contribution >= 4 is 17.3 Å². The van der Waals surface area contributed by atoms with Gasteiger partial charge in [-0.3, -0.25) is 0 Å². The molecule has 1 heterocycles. The molecule has 2 N–H and O–H groups in total. The zero-order chi connectivity index (χ0) is 16.7. The molecule has 0 saturated carbocycles. The highest BCUT2D eigenvalue weighted by Gasteiger charge is 2.20. The van der Waals surface area contributed by atoms with Crippen molar-refractivity contribution in [3.05, 3.63) is 23.8 Å². The van der Waals surface area contributed by atoms with Gasteiger partial charge in [-0.25, -0.2) is 0 Å². The van der Waals surface area contributed by atoms with Crippen molar-refractivity contribution in [1.29, 1.82) is 0 Å². The fourth-order valence-electron chi connectivity index (χ4n) is 2.87. The van der Waals surface area contributed by atoms with Crippen LogP contribution in [0.25, 0.3) is 0 Å². The largest absolute Gasteiger partial charge is 0.497 e. The Labute approximate surface area is 143 Å². The summed E-state index contributed by atoms with van der Waals surface area (Å²) in [5.41, 5.74) is 1.12. The molecule has 1 atom stereocenters. The first kappa shape index (κ1) is 17.8. The highest BCUT2D eigenvalue weighted by Crippen LogP contribution is 2.24. The number of nitrogens with one attached hydrogen (secondary N) is 1. The van der Waals surface area contributed by atoms with Crippen LogP contribution in [0.1, 0.15) is 18.4 Å². The number of likely N-dealkylation sites (tertiary alicyclic amines) is 1. The lowest BCUT2D eigenvalue weighted by Gasteiger charge is -2.33. The standard InChI is InChI=1S/C17H26N2O3S/c1-21-15-6-5-14(16(10-15)22-2)7-8-18-17(23)19-9-3-4-13(11-19)12-20/h5-6,10,13,20H,3-4,7-9,11-12H2,1-2H3,(H,18,23)/t13-/m1/s1. The third-order valence-corrected chi connectivity index (χ3v) is 4.63. The summed E-state index contributed by atoms with van der Waals surface area (Å²) in [6.07, 6.45) is 2.99. The lowest BCUT2D eigenvalue weighted by molar-refractivity contribution is 0.160. The van der Waals surface area contributed by atoms with Gasteiger partial charge in [0.2, 0.25) is 0 Å². The molecule has 1 saturated heterocycles. The average molecular weight is 338 g/mol. The molecule has 1 aliphatic rings. The Kier molecular flexibility index (Phi) is 6.92. The fourth-order valence-corrected chi connectivity index (χ4v) is 3.14. The highest BCUT2D eigenvalue weighted by atomic mass is 32.1. The summed E-state index contributed by atoms with van der Waals surface area (Å²) in [7, 11) is 3.31. The molecule has 2 rings (SSSR count). The van der Waals surface area contributed by atoms with E-state index in [9.17, 15) is 5.11 Å². The summed E-state index contributed by atoms with van der Waals surface area (Å²) >= 11 is 5.47. The van der Waals surface area contributed by atoms with Crippen molar-refractivity contribution in [1.82, 2.24) is 10.2 Å². The topological polar surface area (TPSA) is 54.0 Å². The van der Waals surface area contributed by atoms with Gasteiger partial charge in [-0.15, -0.1) is 0 Å². The number of ether oxygens (including phenoxy) is 2. The number of aliphatic hydroxyl groups excluding tert-OH is 1. The van der Waals surface area contributed by atoms with E-state index < -0.39 is 0 Å². The summed E-state index contributed by atoms with van der Waals surface area (Å²) in [5.74, 6) is 1.96. The number of nitrogens with zero attached hydrogens (tertiary/aromatic N) is 1. The second kappa shape index (κ2) is 8.93. The molecular formula is C17H26N2O3S. The minimum atomic E-state index is 0.238. The highest BCUT2D eigenvalue weighted by molar-refractivity contribution is 7.80. The molecule has 128 valence electrons. The molecule has 0 radical (unpaired) electrons. The summed E-state index contributed by atoms with van der Waals surface area (Å²) in [6, 6.07) is 5.85. The van der Waals surface area contributed by atoms with E-state index in [-0.39, 0.29) is 6.61 Å². The van der Waals surface area contributed by atoms with E-state index >= 15 is 0 Å². The molecule has 1 aromatic carbocycles. The van der Waals surface area contributed by atoms with Crippen molar-refractivity contribution in [2.45, 2.75) is 19.3 Å². The Morgan fingerprint density at radius 3 is 2.91 bits per heavy atom. The van der Waals surface area contributed by atoms with Gasteiger partial charge in [0.05, 0.1) is 14.2 Å². The first-order valence-electron chi connectivity index (χ1n) is 8.02. The molecule has 1 fully saturated rings. The number of benzene rings is 1. The van der Waals surface area contributed by atoms with Crippen LogP contribution in [0, 0.1) is 5.92 Å². The molecule has 0 amide bonds.